The Hall–Kier alpha value is -0.790. The second-order valence-electron chi connectivity index (χ2n) is 4.92. The van der Waals surface area contributed by atoms with E-state index in [1.165, 1.54) is 7.11 Å². The molecule has 0 aromatic carbocycles. The van der Waals surface area contributed by atoms with Crippen molar-refractivity contribution in [3.8, 4) is 0 Å². The topological polar surface area (TPSA) is 26.3 Å². The number of ether oxygens (including phenoxy) is 1. The van der Waals surface area contributed by atoms with Crippen molar-refractivity contribution in [3.05, 3.63) is 12.2 Å². The van der Waals surface area contributed by atoms with E-state index in [2.05, 4.69) is 27.4 Å². The molecule has 0 amide bonds. The van der Waals surface area contributed by atoms with E-state index in [1.54, 1.807) is 0 Å². The van der Waals surface area contributed by atoms with Gasteiger partial charge in [0.25, 0.3) is 0 Å². The average molecular weight is 212 g/mol. The third kappa shape index (κ3) is 4.50. The third-order valence-electron chi connectivity index (χ3n) is 3.03. The number of hydrogen-bond donors (Lipinski definition) is 0. The van der Waals surface area contributed by atoms with Crippen molar-refractivity contribution in [1.29, 1.82) is 0 Å². The van der Waals surface area contributed by atoms with Gasteiger partial charge in [-0.05, 0) is 24.7 Å². The summed E-state index contributed by atoms with van der Waals surface area (Å²) in [5.74, 6) is 0.0667. The summed E-state index contributed by atoms with van der Waals surface area (Å²) >= 11 is 0. The molecule has 0 heterocycles. The van der Waals surface area contributed by atoms with Crippen LogP contribution in [0.1, 0.15) is 47.0 Å². The van der Waals surface area contributed by atoms with E-state index in [1.807, 2.05) is 6.92 Å². The Balaban J connectivity index is 4.65. The van der Waals surface area contributed by atoms with Crippen molar-refractivity contribution >= 4 is 5.97 Å². The maximum Gasteiger partial charge on any atom is 0.306 e. The summed E-state index contributed by atoms with van der Waals surface area (Å²) < 4.78 is 4.72. The summed E-state index contributed by atoms with van der Waals surface area (Å²) in [6.45, 7) is 12.5. The first kappa shape index (κ1) is 14.2. The van der Waals surface area contributed by atoms with Crippen molar-refractivity contribution in [2.75, 3.05) is 7.11 Å². The summed E-state index contributed by atoms with van der Waals surface area (Å²) in [5.41, 5.74) is 1.19. The van der Waals surface area contributed by atoms with Crippen molar-refractivity contribution in [2.45, 2.75) is 47.0 Å². The molecule has 0 fully saturated rings. The zero-order chi connectivity index (χ0) is 12.1. The SMILES string of the molecule is C=C(C)C(CC(=O)OC)C(C)(C)CCC. The Bertz CT molecular complexity index is 229. The monoisotopic (exact) mass is 212 g/mol. The van der Waals surface area contributed by atoms with Crippen LogP contribution in [0, 0.1) is 11.3 Å². The predicted molar refractivity (Wildman–Crippen MR) is 63.6 cm³/mol. The first-order valence-corrected chi connectivity index (χ1v) is 5.57. The summed E-state index contributed by atoms with van der Waals surface area (Å²) in [7, 11) is 1.44. The van der Waals surface area contributed by atoms with Crippen LogP contribution >= 0.6 is 0 Å². The van der Waals surface area contributed by atoms with E-state index < -0.39 is 0 Å². The predicted octanol–water partition coefficient (Wildman–Crippen LogP) is 3.57. The largest absolute Gasteiger partial charge is 0.469 e. The lowest BCUT2D eigenvalue weighted by Gasteiger charge is -2.34. The minimum Gasteiger partial charge on any atom is -0.469 e. The van der Waals surface area contributed by atoms with Gasteiger partial charge in [-0.25, -0.2) is 0 Å². The van der Waals surface area contributed by atoms with Crippen molar-refractivity contribution < 1.29 is 9.53 Å². The lowest BCUT2D eigenvalue weighted by atomic mass is 9.71. The fourth-order valence-electron chi connectivity index (χ4n) is 2.19. The Labute approximate surface area is 93.7 Å². The number of allylic oxidation sites excluding steroid dienone is 1. The van der Waals surface area contributed by atoms with E-state index in [9.17, 15) is 4.79 Å². The van der Waals surface area contributed by atoms with Gasteiger partial charge in [0.05, 0.1) is 13.5 Å². The summed E-state index contributed by atoms with van der Waals surface area (Å²) in [6.07, 6.45) is 2.66. The molecule has 15 heavy (non-hydrogen) atoms. The normalized spacial score (nSPS) is 13.4. The molecular formula is C13H24O2. The van der Waals surface area contributed by atoms with Crippen LogP contribution in [-0.2, 0) is 9.53 Å². The molecule has 2 heteroatoms. The molecular weight excluding hydrogens is 188 g/mol. The van der Waals surface area contributed by atoms with Crippen molar-refractivity contribution in [2.24, 2.45) is 11.3 Å². The number of rotatable bonds is 6. The minimum atomic E-state index is -0.146. The van der Waals surface area contributed by atoms with Gasteiger partial charge in [0.15, 0.2) is 0 Å². The van der Waals surface area contributed by atoms with Crippen LogP contribution in [0.3, 0.4) is 0 Å². The molecule has 0 saturated heterocycles. The highest BCUT2D eigenvalue weighted by atomic mass is 16.5. The van der Waals surface area contributed by atoms with E-state index in [4.69, 9.17) is 4.74 Å². The molecule has 0 aliphatic rings. The molecule has 0 radical (unpaired) electrons. The summed E-state index contributed by atoms with van der Waals surface area (Å²) in [5, 5.41) is 0. The summed E-state index contributed by atoms with van der Waals surface area (Å²) in [6, 6.07) is 0. The molecule has 2 nitrogen and oxygen atoms in total. The molecule has 0 aliphatic heterocycles. The van der Waals surface area contributed by atoms with Gasteiger partial charge in [0.1, 0.15) is 0 Å². The summed E-state index contributed by atoms with van der Waals surface area (Å²) in [4.78, 5) is 11.3. The average Bonchev–Trinajstić information content (AvgIpc) is 2.12. The van der Waals surface area contributed by atoms with Gasteiger partial charge in [-0.15, -0.1) is 0 Å². The van der Waals surface area contributed by atoms with Crippen LogP contribution in [0.4, 0.5) is 0 Å². The van der Waals surface area contributed by atoms with Gasteiger partial charge in [0, 0.05) is 0 Å². The lowest BCUT2D eigenvalue weighted by Crippen LogP contribution is -2.27. The molecule has 0 bridgehead atoms. The number of carbonyl (C=O) groups excluding carboxylic acids is 1. The quantitative estimate of drug-likeness (QED) is 0.497. The molecule has 0 aromatic rings. The minimum absolute atomic E-state index is 0.120. The lowest BCUT2D eigenvalue weighted by molar-refractivity contribution is -0.142. The van der Waals surface area contributed by atoms with E-state index in [0.29, 0.717) is 6.42 Å². The Morgan fingerprint density at radius 2 is 2.00 bits per heavy atom. The molecule has 88 valence electrons. The smallest absolute Gasteiger partial charge is 0.306 e. The van der Waals surface area contributed by atoms with Gasteiger partial charge in [0.2, 0.25) is 0 Å². The van der Waals surface area contributed by atoms with Crippen LogP contribution in [0.2, 0.25) is 0 Å². The molecule has 0 aromatic heterocycles. The Morgan fingerprint density at radius 3 is 2.33 bits per heavy atom. The maximum atomic E-state index is 11.3. The Morgan fingerprint density at radius 1 is 1.47 bits per heavy atom. The van der Waals surface area contributed by atoms with E-state index >= 15 is 0 Å². The van der Waals surface area contributed by atoms with Gasteiger partial charge in [-0.3, -0.25) is 4.79 Å². The van der Waals surface area contributed by atoms with Gasteiger partial charge in [-0.2, -0.15) is 0 Å². The van der Waals surface area contributed by atoms with E-state index in [0.717, 1.165) is 18.4 Å². The zero-order valence-corrected chi connectivity index (χ0v) is 10.7. The molecule has 0 rings (SSSR count). The highest BCUT2D eigenvalue weighted by molar-refractivity contribution is 5.70. The number of esters is 1. The van der Waals surface area contributed by atoms with Crippen molar-refractivity contribution in [1.82, 2.24) is 0 Å². The number of hydrogen-bond acceptors (Lipinski definition) is 2. The number of carbonyl (C=O) groups is 1. The van der Waals surface area contributed by atoms with Crippen LogP contribution in [0.25, 0.3) is 0 Å². The van der Waals surface area contributed by atoms with Crippen LogP contribution in [0.15, 0.2) is 12.2 Å². The highest BCUT2D eigenvalue weighted by Gasteiger charge is 2.31. The fraction of sp³-hybridized carbons (Fsp3) is 0.769. The van der Waals surface area contributed by atoms with Crippen LogP contribution in [0.5, 0.6) is 0 Å². The van der Waals surface area contributed by atoms with Crippen LogP contribution < -0.4 is 0 Å². The maximum absolute atomic E-state index is 11.3. The van der Waals surface area contributed by atoms with Gasteiger partial charge < -0.3 is 4.74 Å². The first-order valence-electron chi connectivity index (χ1n) is 5.57. The second-order valence-corrected chi connectivity index (χ2v) is 4.92. The molecule has 0 spiro atoms. The highest BCUT2D eigenvalue weighted by Crippen LogP contribution is 2.38. The number of methoxy groups -OCH3 is 1. The third-order valence-corrected chi connectivity index (χ3v) is 3.03. The molecule has 0 aliphatic carbocycles. The zero-order valence-electron chi connectivity index (χ0n) is 10.7. The molecule has 1 atom stereocenters. The Kier molecular flexibility index (Phi) is 5.63. The standard InChI is InChI=1S/C13H24O2/c1-7-8-13(4,5)11(10(2)3)9-12(14)15-6/h11H,2,7-9H2,1,3-6H3. The molecule has 0 saturated carbocycles. The second kappa shape index (κ2) is 5.94. The molecule has 1 unspecified atom stereocenters. The fourth-order valence-corrected chi connectivity index (χ4v) is 2.19. The molecule has 0 N–H and O–H groups in total. The first-order chi connectivity index (χ1) is 6.85. The van der Waals surface area contributed by atoms with Gasteiger partial charge in [-0.1, -0.05) is 39.3 Å². The van der Waals surface area contributed by atoms with Gasteiger partial charge >= 0.3 is 5.97 Å². The van der Waals surface area contributed by atoms with Crippen LogP contribution in [-0.4, -0.2) is 13.1 Å². The van der Waals surface area contributed by atoms with E-state index in [-0.39, 0.29) is 17.3 Å². The van der Waals surface area contributed by atoms with Crippen molar-refractivity contribution in [3.63, 3.8) is 0 Å².